The molecule has 3 heteroatoms. The maximum Gasteiger partial charge on any atom is 0.120 e. The fourth-order valence-corrected chi connectivity index (χ4v) is 3.66. The summed E-state index contributed by atoms with van der Waals surface area (Å²) in [5.74, 6) is 1.88. The first-order valence-corrected chi connectivity index (χ1v) is 7.89. The predicted molar refractivity (Wildman–Crippen MR) is 83.6 cm³/mol. The minimum atomic E-state index is 0.845. The van der Waals surface area contributed by atoms with Crippen molar-refractivity contribution in [2.45, 2.75) is 32.2 Å². The van der Waals surface area contributed by atoms with E-state index in [9.17, 15) is 0 Å². The van der Waals surface area contributed by atoms with E-state index in [2.05, 4.69) is 34.9 Å². The van der Waals surface area contributed by atoms with E-state index in [1.54, 1.807) is 7.11 Å². The quantitative estimate of drug-likeness (QED) is 0.842. The standard InChI is InChI=1S/C17H26N2O/c1-14-6-7-16(12-14)19-10-8-18(9-11-19)15-4-3-5-17(13-15)20-2/h3-5,13-14,16H,6-12H2,1-2H3/t14-,16+/m0/s1. The van der Waals surface area contributed by atoms with Crippen LogP contribution >= 0.6 is 0 Å². The molecule has 1 aromatic carbocycles. The lowest BCUT2D eigenvalue weighted by atomic mass is 10.1. The van der Waals surface area contributed by atoms with Crippen LogP contribution in [0.25, 0.3) is 0 Å². The maximum absolute atomic E-state index is 5.32. The van der Waals surface area contributed by atoms with Gasteiger partial charge in [-0.1, -0.05) is 13.0 Å². The molecule has 110 valence electrons. The lowest BCUT2D eigenvalue weighted by molar-refractivity contribution is 0.184. The Kier molecular flexibility index (Phi) is 4.16. The largest absolute Gasteiger partial charge is 0.497 e. The van der Waals surface area contributed by atoms with Gasteiger partial charge in [0.25, 0.3) is 0 Å². The highest BCUT2D eigenvalue weighted by Crippen LogP contribution is 2.30. The van der Waals surface area contributed by atoms with Crippen molar-refractivity contribution in [3.05, 3.63) is 24.3 Å². The minimum Gasteiger partial charge on any atom is -0.497 e. The Morgan fingerprint density at radius 3 is 2.55 bits per heavy atom. The van der Waals surface area contributed by atoms with Crippen LogP contribution in [0.15, 0.2) is 24.3 Å². The highest BCUT2D eigenvalue weighted by atomic mass is 16.5. The van der Waals surface area contributed by atoms with E-state index in [0.717, 1.165) is 30.8 Å². The second kappa shape index (κ2) is 6.04. The highest BCUT2D eigenvalue weighted by molar-refractivity contribution is 5.51. The SMILES string of the molecule is COc1cccc(N2CCN([C@@H]3CC[C@H](C)C3)CC2)c1. The Hall–Kier alpha value is -1.22. The lowest BCUT2D eigenvalue weighted by Gasteiger charge is -2.39. The van der Waals surface area contributed by atoms with Crippen LogP contribution in [0.5, 0.6) is 5.75 Å². The second-order valence-corrected chi connectivity index (χ2v) is 6.30. The molecule has 1 saturated carbocycles. The fourth-order valence-electron chi connectivity index (χ4n) is 3.66. The van der Waals surface area contributed by atoms with Gasteiger partial charge in [0.05, 0.1) is 7.11 Å². The first kappa shape index (κ1) is 13.7. The molecule has 2 fully saturated rings. The molecular formula is C17H26N2O. The van der Waals surface area contributed by atoms with E-state index >= 15 is 0 Å². The predicted octanol–water partition coefficient (Wildman–Crippen LogP) is 3.01. The summed E-state index contributed by atoms with van der Waals surface area (Å²) in [5, 5.41) is 0. The summed E-state index contributed by atoms with van der Waals surface area (Å²) in [6, 6.07) is 9.28. The molecule has 0 aromatic heterocycles. The summed E-state index contributed by atoms with van der Waals surface area (Å²) >= 11 is 0. The van der Waals surface area contributed by atoms with Gasteiger partial charge < -0.3 is 9.64 Å². The van der Waals surface area contributed by atoms with Crippen molar-refractivity contribution in [2.75, 3.05) is 38.2 Å². The molecule has 0 radical (unpaired) electrons. The molecule has 20 heavy (non-hydrogen) atoms. The molecule has 1 saturated heterocycles. The van der Waals surface area contributed by atoms with Crippen LogP contribution in [0.3, 0.4) is 0 Å². The van der Waals surface area contributed by atoms with Gasteiger partial charge in [0.15, 0.2) is 0 Å². The molecule has 2 aliphatic rings. The number of benzene rings is 1. The van der Waals surface area contributed by atoms with E-state index in [-0.39, 0.29) is 0 Å². The summed E-state index contributed by atoms with van der Waals surface area (Å²) in [6.45, 7) is 7.08. The van der Waals surface area contributed by atoms with Gasteiger partial charge in [0.1, 0.15) is 5.75 Å². The number of ether oxygens (including phenoxy) is 1. The van der Waals surface area contributed by atoms with Gasteiger partial charge in [-0.25, -0.2) is 0 Å². The Bertz CT molecular complexity index is 440. The molecule has 2 atom stereocenters. The molecule has 3 rings (SSSR count). The number of hydrogen-bond acceptors (Lipinski definition) is 3. The first-order valence-electron chi connectivity index (χ1n) is 7.89. The number of methoxy groups -OCH3 is 1. The van der Waals surface area contributed by atoms with Crippen molar-refractivity contribution in [1.29, 1.82) is 0 Å². The molecule has 0 spiro atoms. The summed E-state index contributed by atoms with van der Waals surface area (Å²) in [7, 11) is 1.73. The van der Waals surface area contributed by atoms with Crippen LogP contribution in [0.1, 0.15) is 26.2 Å². The van der Waals surface area contributed by atoms with Crippen LogP contribution in [0, 0.1) is 5.92 Å². The third-order valence-electron chi connectivity index (χ3n) is 4.92. The van der Waals surface area contributed by atoms with E-state index < -0.39 is 0 Å². The van der Waals surface area contributed by atoms with Crippen molar-refractivity contribution in [2.24, 2.45) is 5.92 Å². The van der Waals surface area contributed by atoms with Gasteiger partial charge >= 0.3 is 0 Å². The zero-order chi connectivity index (χ0) is 13.9. The number of rotatable bonds is 3. The molecule has 0 amide bonds. The van der Waals surface area contributed by atoms with Crippen LogP contribution in [0.2, 0.25) is 0 Å². The number of hydrogen-bond donors (Lipinski definition) is 0. The van der Waals surface area contributed by atoms with E-state index in [1.165, 1.54) is 38.0 Å². The fraction of sp³-hybridized carbons (Fsp3) is 0.647. The molecule has 1 aromatic rings. The van der Waals surface area contributed by atoms with Crippen LogP contribution in [0.4, 0.5) is 5.69 Å². The van der Waals surface area contributed by atoms with Crippen LogP contribution in [-0.2, 0) is 0 Å². The van der Waals surface area contributed by atoms with Crippen molar-refractivity contribution in [3.8, 4) is 5.75 Å². The third kappa shape index (κ3) is 2.93. The third-order valence-corrected chi connectivity index (χ3v) is 4.92. The average molecular weight is 274 g/mol. The molecule has 1 aliphatic heterocycles. The Morgan fingerprint density at radius 1 is 1.10 bits per heavy atom. The van der Waals surface area contributed by atoms with E-state index in [1.807, 2.05) is 6.07 Å². The van der Waals surface area contributed by atoms with Crippen LogP contribution in [-0.4, -0.2) is 44.2 Å². The summed E-state index contributed by atoms with van der Waals surface area (Å²) in [6.07, 6.45) is 4.22. The number of piperazine rings is 1. The zero-order valence-electron chi connectivity index (χ0n) is 12.7. The molecule has 0 bridgehead atoms. The maximum atomic E-state index is 5.32. The second-order valence-electron chi connectivity index (χ2n) is 6.30. The molecular weight excluding hydrogens is 248 g/mol. The molecule has 0 unspecified atom stereocenters. The van der Waals surface area contributed by atoms with Gasteiger partial charge in [-0.15, -0.1) is 0 Å². The van der Waals surface area contributed by atoms with Gasteiger partial charge in [-0.3, -0.25) is 4.90 Å². The smallest absolute Gasteiger partial charge is 0.120 e. The Morgan fingerprint density at radius 2 is 1.90 bits per heavy atom. The molecule has 1 aliphatic carbocycles. The van der Waals surface area contributed by atoms with Crippen molar-refractivity contribution < 1.29 is 4.74 Å². The summed E-state index contributed by atoms with van der Waals surface area (Å²) in [4.78, 5) is 5.19. The van der Waals surface area contributed by atoms with E-state index in [4.69, 9.17) is 4.74 Å². The summed E-state index contributed by atoms with van der Waals surface area (Å²) < 4.78 is 5.32. The van der Waals surface area contributed by atoms with Gasteiger partial charge in [0.2, 0.25) is 0 Å². The lowest BCUT2D eigenvalue weighted by Crippen LogP contribution is -2.49. The molecule has 3 nitrogen and oxygen atoms in total. The Labute approximate surface area is 122 Å². The van der Waals surface area contributed by atoms with Crippen molar-refractivity contribution in [1.82, 2.24) is 4.90 Å². The topological polar surface area (TPSA) is 15.7 Å². The van der Waals surface area contributed by atoms with Crippen LogP contribution < -0.4 is 9.64 Å². The first-order chi connectivity index (χ1) is 9.76. The van der Waals surface area contributed by atoms with Crippen molar-refractivity contribution >= 4 is 5.69 Å². The molecule has 0 N–H and O–H groups in total. The highest BCUT2D eigenvalue weighted by Gasteiger charge is 2.29. The van der Waals surface area contributed by atoms with Gasteiger partial charge in [-0.05, 0) is 37.3 Å². The minimum absolute atomic E-state index is 0.845. The molecule has 1 heterocycles. The Balaban J connectivity index is 1.58. The van der Waals surface area contributed by atoms with E-state index in [0.29, 0.717) is 0 Å². The van der Waals surface area contributed by atoms with Gasteiger partial charge in [0, 0.05) is 44.0 Å². The average Bonchev–Trinajstić information content (AvgIpc) is 2.94. The number of nitrogens with zero attached hydrogens (tertiary/aromatic N) is 2. The summed E-state index contributed by atoms with van der Waals surface area (Å²) in [5.41, 5.74) is 1.30. The zero-order valence-corrected chi connectivity index (χ0v) is 12.7. The van der Waals surface area contributed by atoms with Gasteiger partial charge in [-0.2, -0.15) is 0 Å². The van der Waals surface area contributed by atoms with Crippen molar-refractivity contribution in [3.63, 3.8) is 0 Å². The normalized spacial score (nSPS) is 27.8. The number of anilines is 1. The monoisotopic (exact) mass is 274 g/mol.